The van der Waals surface area contributed by atoms with E-state index in [1.165, 1.54) is 5.56 Å². The molecule has 20 heavy (non-hydrogen) atoms. The van der Waals surface area contributed by atoms with Gasteiger partial charge in [0, 0.05) is 6.04 Å². The van der Waals surface area contributed by atoms with Gasteiger partial charge in [-0.25, -0.2) is 0 Å². The van der Waals surface area contributed by atoms with E-state index in [2.05, 4.69) is 19.2 Å². The number of carbonyl (C=O) groups is 1. The Hall–Kier alpha value is -1.75. The predicted octanol–water partition coefficient (Wildman–Crippen LogP) is 1.51. The SMILES string of the molecule is CC(C)NCCc1ccc2c(c1)N(CC(=O)O)CCO2. The van der Waals surface area contributed by atoms with E-state index in [4.69, 9.17) is 9.84 Å². The number of anilines is 1. The number of carboxylic acid groups (broad SMARTS) is 1. The lowest BCUT2D eigenvalue weighted by molar-refractivity contribution is -0.135. The molecule has 1 aromatic carbocycles. The number of hydrogen-bond acceptors (Lipinski definition) is 4. The zero-order valence-electron chi connectivity index (χ0n) is 12.1. The van der Waals surface area contributed by atoms with Crippen LogP contribution in [0.25, 0.3) is 0 Å². The fourth-order valence-electron chi connectivity index (χ4n) is 2.31. The standard InChI is InChI=1S/C15H22N2O3/c1-11(2)16-6-5-12-3-4-14-13(9-12)17(7-8-20-14)10-15(18)19/h3-4,9,11,16H,5-8,10H2,1-2H3,(H,18,19). The summed E-state index contributed by atoms with van der Waals surface area (Å²) in [6.45, 7) is 6.33. The van der Waals surface area contributed by atoms with Gasteiger partial charge in [0.15, 0.2) is 0 Å². The Morgan fingerprint density at radius 2 is 2.30 bits per heavy atom. The van der Waals surface area contributed by atoms with Crippen molar-refractivity contribution in [2.24, 2.45) is 0 Å². The van der Waals surface area contributed by atoms with Crippen LogP contribution in [-0.2, 0) is 11.2 Å². The maximum Gasteiger partial charge on any atom is 0.323 e. The molecule has 110 valence electrons. The van der Waals surface area contributed by atoms with Gasteiger partial charge in [-0.15, -0.1) is 0 Å². The summed E-state index contributed by atoms with van der Waals surface area (Å²) in [4.78, 5) is 12.8. The average molecular weight is 278 g/mol. The zero-order valence-corrected chi connectivity index (χ0v) is 12.1. The Morgan fingerprint density at radius 3 is 3.00 bits per heavy atom. The van der Waals surface area contributed by atoms with Gasteiger partial charge in [0.1, 0.15) is 18.9 Å². The molecule has 1 heterocycles. The normalized spacial score (nSPS) is 14.1. The van der Waals surface area contributed by atoms with Crippen LogP contribution in [0.15, 0.2) is 18.2 Å². The first-order valence-electron chi connectivity index (χ1n) is 7.02. The lowest BCUT2D eigenvalue weighted by Gasteiger charge is -2.30. The van der Waals surface area contributed by atoms with E-state index in [-0.39, 0.29) is 6.54 Å². The van der Waals surface area contributed by atoms with Crippen molar-refractivity contribution in [2.45, 2.75) is 26.3 Å². The summed E-state index contributed by atoms with van der Waals surface area (Å²) < 4.78 is 5.58. The van der Waals surface area contributed by atoms with Gasteiger partial charge in [-0.05, 0) is 30.7 Å². The molecule has 0 amide bonds. The van der Waals surface area contributed by atoms with Crippen LogP contribution in [0.1, 0.15) is 19.4 Å². The van der Waals surface area contributed by atoms with Crippen LogP contribution < -0.4 is 15.0 Å². The van der Waals surface area contributed by atoms with Crippen LogP contribution in [0.3, 0.4) is 0 Å². The highest BCUT2D eigenvalue weighted by molar-refractivity contribution is 5.75. The molecule has 0 saturated carbocycles. The second-order valence-corrected chi connectivity index (χ2v) is 5.32. The average Bonchev–Trinajstić information content (AvgIpc) is 2.38. The van der Waals surface area contributed by atoms with Gasteiger partial charge >= 0.3 is 5.97 Å². The van der Waals surface area contributed by atoms with Gasteiger partial charge in [-0.2, -0.15) is 0 Å². The van der Waals surface area contributed by atoms with Gasteiger partial charge in [0.05, 0.1) is 12.2 Å². The van der Waals surface area contributed by atoms with E-state index in [0.717, 1.165) is 24.4 Å². The first kappa shape index (κ1) is 14.7. The van der Waals surface area contributed by atoms with Crippen molar-refractivity contribution >= 4 is 11.7 Å². The molecule has 0 unspecified atom stereocenters. The van der Waals surface area contributed by atoms with Crippen molar-refractivity contribution in [1.29, 1.82) is 0 Å². The quantitative estimate of drug-likeness (QED) is 0.826. The fraction of sp³-hybridized carbons (Fsp3) is 0.533. The zero-order chi connectivity index (χ0) is 14.5. The van der Waals surface area contributed by atoms with Gasteiger partial charge in [-0.3, -0.25) is 4.79 Å². The molecule has 2 rings (SSSR count). The number of rotatable bonds is 6. The van der Waals surface area contributed by atoms with Gasteiger partial charge in [0.2, 0.25) is 0 Å². The molecule has 2 N–H and O–H groups in total. The maximum absolute atomic E-state index is 10.9. The number of hydrogen-bond donors (Lipinski definition) is 2. The minimum absolute atomic E-state index is 0.0179. The molecule has 0 fully saturated rings. The highest BCUT2D eigenvalue weighted by Crippen LogP contribution is 2.32. The molecular weight excluding hydrogens is 256 g/mol. The molecule has 5 nitrogen and oxygen atoms in total. The molecule has 5 heteroatoms. The Morgan fingerprint density at radius 1 is 1.50 bits per heavy atom. The molecule has 0 radical (unpaired) electrons. The topological polar surface area (TPSA) is 61.8 Å². The second-order valence-electron chi connectivity index (χ2n) is 5.32. The first-order valence-corrected chi connectivity index (χ1v) is 7.02. The summed E-state index contributed by atoms with van der Waals surface area (Å²) in [6.07, 6.45) is 0.923. The van der Waals surface area contributed by atoms with E-state index in [1.807, 2.05) is 23.1 Å². The maximum atomic E-state index is 10.9. The van der Waals surface area contributed by atoms with Crippen molar-refractivity contribution in [2.75, 3.05) is 31.1 Å². The van der Waals surface area contributed by atoms with E-state index >= 15 is 0 Å². The lowest BCUT2D eigenvalue weighted by atomic mass is 10.1. The summed E-state index contributed by atoms with van der Waals surface area (Å²) in [5.41, 5.74) is 2.08. The monoisotopic (exact) mass is 278 g/mol. The number of nitrogens with zero attached hydrogens (tertiary/aromatic N) is 1. The van der Waals surface area contributed by atoms with Crippen molar-refractivity contribution < 1.29 is 14.6 Å². The lowest BCUT2D eigenvalue weighted by Crippen LogP contribution is -2.36. The Balaban J connectivity index is 2.08. The van der Waals surface area contributed by atoms with E-state index in [9.17, 15) is 4.79 Å². The third-order valence-corrected chi connectivity index (χ3v) is 3.28. The van der Waals surface area contributed by atoms with Crippen LogP contribution in [0.2, 0.25) is 0 Å². The number of fused-ring (bicyclic) bond motifs is 1. The second kappa shape index (κ2) is 6.61. The molecule has 0 aromatic heterocycles. The summed E-state index contributed by atoms with van der Waals surface area (Å²) in [7, 11) is 0. The third-order valence-electron chi connectivity index (χ3n) is 3.28. The molecule has 1 aromatic rings. The highest BCUT2D eigenvalue weighted by Gasteiger charge is 2.20. The van der Waals surface area contributed by atoms with Crippen molar-refractivity contribution in [3.8, 4) is 5.75 Å². The Labute approximate surface area is 119 Å². The molecular formula is C15H22N2O3. The molecule has 1 aliphatic heterocycles. The number of benzene rings is 1. The molecule has 0 bridgehead atoms. The molecule has 0 aliphatic carbocycles. The molecule has 0 spiro atoms. The van der Waals surface area contributed by atoms with E-state index in [0.29, 0.717) is 19.2 Å². The minimum atomic E-state index is -0.815. The Kier molecular flexibility index (Phi) is 4.84. The van der Waals surface area contributed by atoms with Crippen LogP contribution in [0.4, 0.5) is 5.69 Å². The molecule has 0 atom stereocenters. The van der Waals surface area contributed by atoms with Crippen LogP contribution in [0.5, 0.6) is 5.75 Å². The van der Waals surface area contributed by atoms with Crippen LogP contribution >= 0.6 is 0 Å². The molecule has 1 aliphatic rings. The van der Waals surface area contributed by atoms with E-state index in [1.54, 1.807) is 0 Å². The smallest absolute Gasteiger partial charge is 0.323 e. The van der Waals surface area contributed by atoms with Crippen molar-refractivity contribution in [3.05, 3.63) is 23.8 Å². The summed E-state index contributed by atoms with van der Waals surface area (Å²) >= 11 is 0. The highest BCUT2D eigenvalue weighted by atomic mass is 16.5. The number of aliphatic carboxylic acids is 1. The number of carboxylic acids is 1. The molecule has 0 saturated heterocycles. The van der Waals surface area contributed by atoms with Crippen LogP contribution in [-0.4, -0.2) is 43.4 Å². The Bertz CT molecular complexity index is 474. The van der Waals surface area contributed by atoms with Gasteiger partial charge < -0.3 is 20.1 Å². The van der Waals surface area contributed by atoms with E-state index < -0.39 is 5.97 Å². The largest absolute Gasteiger partial charge is 0.490 e. The predicted molar refractivity (Wildman–Crippen MR) is 78.6 cm³/mol. The fourth-order valence-corrected chi connectivity index (χ4v) is 2.31. The number of ether oxygens (including phenoxy) is 1. The summed E-state index contributed by atoms with van der Waals surface area (Å²) in [5.74, 6) is -0.0391. The number of nitrogens with one attached hydrogen (secondary N) is 1. The van der Waals surface area contributed by atoms with Crippen LogP contribution in [0, 0.1) is 0 Å². The third kappa shape index (κ3) is 3.87. The minimum Gasteiger partial charge on any atom is -0.490 e. The van der Waals surface area contributed by atoms with Crippen molar-refractivity contribution in [3.63, 3.8) is 0 Å². The van der Waals surface area contributed by atoms with Gasteiger partial charge in [0.25, 0.3) is 0 Å². The summed E-state index contributed by atoms with van der Waals surface area (Å²) in [5, 5.41) is 12.3. The first-order chi connectivity index (χ1) is 9.56. The van der Waals surface area contributed by atoms with Crippen molar-refractivity contribution in [1.82, 2.24) is 5.32 Å². The summed E-state index contributed by atoms with van der Waals surface area (Å²) in [6, 6.07) is 6.50. The van der Waals surface area contributed by atoms with Gasteiger partial charge in [-0.1, -0.05) is 19.9 Å².